The number of phenols is 2. The van der Waals surface area contributed by atoms with Gasteiger partial charge in [0.1, 0.15) is 0 Å². The van der Waals surface area contributed by atoms with Gasteiger partial charge in [-0.25, -0.2) is 4.79 Å². The van der Waals surface area contributed by atoms with Crippen molar-refractivity contribution in [2.24, 2.45) is 56.7 Å². The van der Waals surface area contributed by atoms with E-state index in [1.54, 1.807) is 6.07 Å². The Hall–Kier alpha value is -3.11. The van der Waals surface area contributed by atoms with Gasteiger partial charge in [0.2, 0.25) is 0 Å². The quantitative estimate of drug-likeness (QED) is 0.135. The van der Waals surface area contributed by atoms with Gasteiger partial charge in [-0.1, -0.05) is 33.8 Å². The monoisotopic (exact) mass is 654 g/mol. The summed E-state index contributed by atoms with van der Waals surface area (Å²) < 4.78 is 5.73. The molecule has 0 heterocycles. The van der Waals surface area contributed by atoms with E-state index in [1.165, 1.54) is 24.3 Å². The van der Waals surface area contributed by atoms with Crippen molar-refractivity contribution >= 4 is 24.0 Å². The first-order chi connectivity index (χ1) is 21.9. The van der Waals surface area contributed by atoms with Crippen LogP contribution in [0.2, 0.25) is 0 Å². The molecule has 12 atom stereocenters. The van der Waals surface area contributed by atoms with E-state index in [1.807, 2.05) is 6.92 Å². The highest BCUT2D eigenvalue weighted by Crippen LogP contribution is 2.77. The van der Waals surface area contributed by atoms with E-state index in [-0.39, 0.29) is 46.7 Å². The predicted octanol–water partition coefficient (Wildman–Crippen LogP) is 5.22. The van der Waals surface area contributed by atoms with Crippen LogP contribution in [0.1, 0.15) is 91.0 Å². The number of benzene rings is 1. The fraction of sp³-hybridized carbons (Fsp3) is 0.703. The Morgan fingerprint density at radius 3 is 2.26 bits per heavy atom. The maximum absolute atomic E-state index is 12.9. The molecule has 6 rings (SSSR count). The van der Waals surface area contributed by atoms with Crippen LogP contribution in [0, 0.1) is 56.7 Å². The molecule has 5 aliphatic rings. The van der Waals surface area contributed by atoms with E-state index in [2.05, 4.69) is 20.8 Å². The molecule has 6 N–H and O–H groups in total. The third-order valence-electron chi connectivity index (χ3n) is 14.9. The molecule has 1 aromatic carbocycles. The van der Waals surface area contributed by atoms with E-state index in [4.69, 9.17) is 4.74 Å². The summed E-state index contributed by atoms with van der Waals surface area (Å²) in [6.07, 6.45) is 5.99. The lowest BCUT2D eigenvalue weighted by molar-refractivity contribution is -0.271. The summed E-state index contributed by atoms with van der Waals surface area (Å²) >= 11 is 0. The van der Waals surface area contributed by atoms with E-state index >= 15 is 0 Å². The molecule has 0 spiro atoms. The zero-order valence-corrected chi connectivity index (χ0v) is 27.8. The molecule has 0 amide bonds. The number of hydrogen-bond donors (Lipinski definition) is 6. The molecule has 0 saturated heterocycles. The van der Waals surface area contributed by atoms with Crippen molar-refractivity contribution in [3.8, 4) is 11.5 Å². The molecular weight excluding hydrogens is 604 g/mol. The highest BCUT2D eigenvalue weighted by Gasteiger charge is 2.73. The van der Waals surface area contributed by atoms with Crippen molar-refractivity contribution in [3.05, 3.63) is 29.8 Å². The van der Waals surface area contributed by atoms with Gasteiger partial charge in [0.15, 0.2) is 11.5 Å². The molecule has 10 heteroatoms. The van der Waals surface area contributed by atoms with Gasteiger partial charge in [-0.15, -0.1) is 0 Å². The minimum absolute atomic E-state index is 0.0360. The van der Waals surface area contributed by atoms with E-state index < -0.39 is 58.2 Å². The number of phenolic OH excluding ortho intramolecular Hbond substituents is 2. The number of aliphatic hydroxyl groups excluding tert-OH is 2. The lowest BCUT2D eigenvalue weighted by atomic mass is 9.32. The molecule has 0 aromatic heterocycles. The van der Waals surface area contributed by atoms with Crippen LogP contribution in [0.15, 0.2) is 24.3 Å². The predicted molar refractivity (Wildman–Crippen MR) is 171 cm³/mol. The lowest BCUT2D eigenvalue weighted by Gasteiger charge is -2.73. The lowest BCUT2D eigenvalue weighted by Crippen LogP contribution is -2.69. The second-order valence-electron chi connectivity index (χ2n) is 16.6. The maximum Gasteiger partial charge on any atom is 0.330 e. The normalized spacial score (nSPS) is 45.7. The van der Waals surface area contributed by atoms with Gasteiger partial charge < -0.3 is 35.4 Å². The Kier molecular flexibility index (Phi) is 8.07. The molecule has 10 nitrogen and oxygen atoms in total. The number of carbonyl (C=O) groups excluding carboxylic acids is 1. The Labute approximate surface area is 275 Å². The second-order valence-corrected chi connectivity index (χ2v) is 16.6. The number of carbonyl (C=O) groups is 3. The van der Waals surface area contributed by atoms with Gasteiger partial charge in [-0.3, -0.25) is 9.59 Å². The molecule has 0 bridgehead atoms. The average molecular weight is 655 g/mol. The summed E-state index contributed by atoms with van der Waals surface area (Å²) in [5, 5.41) is 62.8. The van der Waals surface area contributed by atoms with Crippen LogP contribution in [0.5, 0.6) is 11.5 Å². The van der Waals surface area contributed by atoms with Crippen LogP contribution < -0.4 is 0 Å². The zero-order valence-electron chi connectivity index (χ0n) is 27.8. The van der Waals surface area contributed by atoms with E-state index in [0.29, 0.717) is 37.7 Å². The number of aliphatic carboxylic acids is 2. The van der Waals surface area contributed by atoms with Crippen LogP contribution >= 0.6 is 0 Å². The number of carboxylic acids is 2. The van der Waals surface area contributed by atoms with Crippen molar-refractivity contribution in [3.63, 3.8) is 0 Å². The van der Waals surface area contributed by atoms with E-state index in [0.717, 1.165) is 25.7 Å². The summed E-state index contributed by atoms with van der Waals surface area (Å²) in [5.74, 6) is -4.01. The molecule has 5 fully saturated rings. The number of aromatic hydroxyl groups is 2. The third-order valence-corrected chi connectivity index (χ3v) is 14.9. The third kappa shape index (κ3) is 4.75. The van der Waals surface area contributed by atoms with Gasteiger partial charge in [0, 0.05) is 11.5 Å². The van der Waals surface area contributed by atoms with Crippen molar-refractivity contribution in [2.45, 2.75) is 97.7 Å². The first kappa shape index (κ1) is 33.8. The average Bonchev–Trinajstić information content (AvgIpc) is 3.41. The van der Waals surface area contributed by atoms with Gasteiger partial charge in [0.25, 0.3) is 0 Å². The SMILES string of the molecule is CC1(COC(=O)/C=C/c2ccc(O)c(O)c2)C(O)C(O)CC2(C)C1CCC1(C)C2CCC2C3C(C(=O)O)CCC3(C(=O)O)CCC21C. The molecule has 258 valence electrons. The van der Waals surface area contributed by atoms with Crippen LogP contribution in [-0.4, -0.2) is 67.4 Å². The Morgan fingerprint density at radius 2 is 1.60 bits per heavy atom. The molecule has 0 radical (unpaired) electrons. The Morgan fingerprint density at radius 1 is 0.872 bits per heavy atom. The van der Waals surface area contributed by atoms with Crippen molar-refractivity contribution < 1.29 is 49.8 Å². The number of hydrogen-bond acceptors (Lipinski definition) is 8. The van der Waals surface area contributed by atoms with Gasteiger partial charge in [-0.2, -0.15) is 0 Å². The van der Waals surface area contributed by atoms with Crippen molar-refractivity contribution in [1.82, 2.24) is 0 Å². The fourth-order valence-electron chi connectivity index (χ4n) is 12.4. The smallest absolute Gasteiger partial charge is 0.330 e. The number of rotatable bonds is 6. The van der Waals surface area contributed by atoms with Crippen molar-refractivity contribution in [2.75, 3.05) is 6.61 Å². The minimum atomic E-state index is -1.11. The maximum atomic E-state index is 12.9. The standard InChI is InChI=1S/C37H50O10/c1-33-18-25(40)30(42)34(2,19-47-28(41)10-6-20-5-8-23(38)24(39)17-20)26(33)12-13-36(4)27(33)9-7-22-29-21(31(43)44)11-14-37(29,32(45)46)16-15-35(22,36)3/h5-6,8,10,17,21-22,25-27,29-30,38-40,42H,7,9,11-16,18-19H2,1-4H3,(H,43,44)(H,45,46)/b10-6+. The molecule has 0 aliphatic heterocycles. The summed E-state index contributed by atoms with van der Waals surface area (Å²) in [5.41, 5.74) is -2.38. The number of fused-ring (bicyclic) bond motifs is 7. The first-order valence-electron chi connectivity index (χ1n) is 17.1. The first-order valence-corrected chi connectivity index (χ1v) is 17.1. The molecular formula is C37H50O10. The fourth-order valence-corrected chi connectivity index (χ4v) is 12.4. The van der Waals surface area contributed by atoms with Crippen LogP contribution in [0.3, 0.4) is 0 Å². The van der Waals surface area contributed by atoms with Crippen LogP contribution in [0.25, 0.3) is 6.08 Å². The summed E-state index contributed by atoms with van der Waals surface area (Å²) in [6, 6.07) is 4.19. The van der Waals surface area contributed by atoms with Crippen LogP contribution in [0.4, 0.5) is 0 Å². The number of esters is 1. The summed E-state index contributed by atoms with van der Waals surface area (Å²) in [4.78, 5) is 38.1. The molecule has 5 aliphatic carbocycles. The highest BCUT2D eigenvalue weighted by atomic mass is 16.5. The van der Waals surface area contributed by atoms with Crippen molar-refractivity contribution in [1.29, 1.82) is 0 Å². The molecule has 5 saturated carbocycles. The summed E-state index contributed by atoms with van der Waals surface area (Å²) in [6.45, 7) is 8.58. The molecule has 1 aromatic rings. The molecule has 47 heavy (non-hydrogen) atoms. The van der Waals surface area contributed by atoms with Gasteiger partial charge in [-0.05, 0) is 121 Å². The minimum Gasteiger partial charge on any atom is -0.504 e. The second kappa shape index (κ2) is 11.2. The topological polar surface area (TPSA) is 182 Å². The summed E-state index contributed by atoms with van der Waals surface area (Å²) in [7, 11) is 0. The highest BCUT2D eigenvalue weighted by molar-refractivity contribution is 5.87. The number of ether oxygens (including phenoxy) is 1. The largest absolute Gasteiger partial charge is 0.504 e. The number of aliphatic hydroxyl groups is 2. The van der Waals surface area contributed by atoms with Crippen LogP contribution in [-0.2, 0) is 19.1 Å². The Balaban J connectivity index is 1.27. The van der Waals surface area contributed by atoms with Gasteiger partial charge >= 0.3 is 17.9 Å². The number of carboxylic acid groups (broad SMARTS) is 2. The van der Waals surface area contributed by atoms with E-state index in [9.17, 15) is 45.0 Å². The Bertz CT molecular complexity index is 1490. The molecule has 12 unspecified atom stereocenters. The van der Waals surface area contributed by atoms with Gasteiger partial charge in [0.05, 0.1) is 30.1 Å². The zero-order chi connectivity index (χ0) is 34.3.